The molecule has 1 unspecified atom stereocenters. The molecule has 1 nitrogen and oxygen atoms in total. The van der Waals surface area contributed by atoms with Crippen molar-refractivity contribution in [3.8, 4) is 0 Å². The fraction of sp³-hybridized carbons (Fsp3) is 0.800. The van der Waals surface area contributed by atoms with Crippen molar-refractivity contribution >= 4 is 0 Å². The average Bonchev–Trinajstić information content (AvgIpc) is 1.35. The Kier molecular flexibility index (Phi) is 2.95. The second-order valence-electron chi connectivity index (χ2n) is 1.50. The van der Waals surface area contributed by atoms with Crippen LogP contribution in [0.3, 0.4) is 0 Å². The van der Waals surface area contributed by atoms with Gasteiger partial charge in [0.15, 0.2) is 0 Å². The summed E-state index contributed by atoms with van der Waals surface area (Å²) in [5.74, 6) is 0. The Hall–Kier alpha value is -0.170. The van der Waals surface area contributed by atoms with Gasteiger partial charge < -0.3 is 0 Å². The fourth-order valence-corrected chi connectivity index (χ4v) is 0.372. The molecule has 0 saturated carbocycles. The average molecular weight is 86.2 g/mol. The van der Waals surface area contributed by atoms with Gasteiger partial charge in [-0.25, -0.2) is 0 Å². The van der Waals surface area contributed by atoms with Gasteiger partial charge in [0, 0.05) is 0 Å². The lowest BCUT2D eigenvalue weighted by Crippen LogP contribution is -2.14. The Morgan fingerprint density at radius 3 is 2.33 bits per heavy atom. The first-order valence-corrected chi connectivity index (χ1v) is 2.36. The number of hydrogen-bond acceptors (Lipinski definition) is 1. The molecule has 36 valence electrons. The van der Waals surface area contributed by atoms with Crippen LogP contribution in [0.25, 0.3) is 0 Å². The third-order valence-corrected chi connectivity index (χ3v) is 0.607. The summed E-state index contributed by atoms with van der Waals surface area (Å²) in [6.07, 6.45) is 3.15. The summed E-state index contributed by atoms with van der Waals surface area (Å²) in [6, 6.07) is 0.273. The Labute approximate surface area is 39.5 Å². The fourth-order valence-electron chi connectivity index (χ4n) is 0.372. The summed E-state index contributed by atoms with van der Waals surface area (Å²) >= 11 is 0. The Balaban J connectivity index is 2.63. The smallest absolute Gasteiger partial charge is 0.143 e. The number of hydrogen-bond donors (Lipinski definition) is 1. The van der Waals surface area contributed by atoms with Crippen molar-refractivity contribution in [1.82, 2.24) is 0 Å². The summed E-state index contributed by atoms with van der Waals surface area (Å²) in [4.78, 5) is 0. The molecular weight excluding hydrogens is 74.1 g/mol. The van der Waals surface area contributed by atoms with E-state index in [1.807, 2.05) is 6.92 Å². The van der Waals surface area contributed by atoms with E-state index < -0.39 is 0 Å². The first-order chi connectivity index (χ1) is 2.77. The molecule has 0 aliphatic carbocycles. The minimum atomic E-state index is 0.273. The molecule has 6 heavy (non-hydrogen) atoms. The quantitative estimate of drug-likeness (QED) is 0.497. The predicted molar refractivity (Wildman–Crippen MR) is 28.2 cm³/mol. The maximum Gasteiger partial charge on any atom is 0.143 e. The normalized spacial score (nSPS) is 13.8. The van der Waals surface area contributed by atoms with Crippen LogP contribution >= 0.6 is 0 Å². The Bertz CT molecular complexity index is 25.1. The lowest BCUT2D eigenvalue weighted by Gasteiger charge is -1.85. The van der Waals surface area contributed by atoms with E-state index in [9.17, 15) is 0 Å². The predicted octanol–water partition coefficient (Wildman–Crippen LogP) is 0.948. The topological polar surface area (TPSA) is 26.0 Å². The van der Waals surface area contributed by atoms with Crippen LogP contribution in [0.5, 0.6) is 0 Å². The minimum Gasteiger partial charge on any atom is -0.291 e. The van der Waals surface area contributed by atoms with E-state index in [1.165, 1.54) is 0 Å². The van der Waals surface area contributed by atoms with Crippen molar-refractivity contribution < 1.29 is 0 Å². The largest absolute Gasteiger partial charge is 0.291 e. The maximum absolute atomic E-state index is 5.35. The third kappa shape index (κ3) is 3.83. The zero-order valence-electron chi connectivity index (χ0n) is 4.44. The molecule has 0 rings (SSSR count). The van der Waals surface area contributed by atoms with Crippen LogP contribution in [-0.4, -0.2) is 6.04 Å². The zero-order valence-corrected chi connectivity index (χ0v) is 4.44. The van der Waals surface area contributed by atoms with E-state index in [0.29, 0.717) is 0 Å². The molecule has 0 saturated heterocycles. The van der Waals surface area contributed by atoms with Crippen LogP contribution in [0.2, 0.25) is 0 Å². The van der Waals surface area contributed by atoms with Crippen molar-refractivity contribution in [2.75, 3.05) is 0 Å². The summed E-state index contributed by atoms with van der Waals surface area (Å²) in [5.41, 5.74) is 5.35. The van der Waals surface area contributed by atoms with Crippen molar-refractivity contribution in [3.63, 3.8) is 0 Å². The molecule has 0 aromatic heterocycles. The lowest BCUT2D eigenvalue weighted by molar-refractivity contribution is 0.806. The van der Waals surface area contributed by atoms with Gasteiger partial charge in [-0.3, -0.25) is 5.73 Å². The van der Waals surface area contributed by atoms with Crippen molar-refractivity contribution in [2.45, 2.75) is 26.3 Å². The highest BCUT2D eigenvalue weighted by molar-refractivity contribution is 4.71. The van der Waals surface area contributed by atoms with Crippen LogP contribution < -0.4 is 5.73 Å². The zero-order chi connectivity index (χ0) is 4.99. The van der Waals surface area contributed by atoms with Crippen LogP contribution in [-0.2, 0) is 0 Å². The van der Waals surface area contributed by atoms with Gasteiger partial charge in [-0.1, -0.05) is 0 Å². The van der Waals surface area contributed by atoms with Crippen LogP contribution in [0, 0.1) is 6.42 Å². The molecule has 0 spiro atoms. The molecule has 0 aromatic rings. The Morgan fingerprint density at radius 2 is 2.33 bits per heavy atom. The van der Waals surface area contributed by atoms with Gasteiger partial charge in [0.1, 0.15) is 6.04 Å². The van der Waals surface area contributed by atoms with E-state index >= 15 is 0 Å². The van der Waals surface area contributed by atoms with Gasteiger partial charge in [0.2, 0.25) is 0 Å². The molecule has 0 aliphatic heterocycles. The van der Waals surface area contributed by atoms with Crippen LogP contribution in [0.4, 0.5) is 0 Å². The van der Waals surface area contributed by atoms with Gasteiger partial charge in [-0.2, -0.15) is 0 Å². The second-order valence-corrected chi connectivity index (χ2v) is 1.50. The van der Waals surface area contributed by atoms with Crippen LogP contribution in [0.1, 0.15) is 20.3 Å². The molecule has 0 aromatic carbocycles. The van der Waals surface area contributed by atoms with E-state index in [0.717, 1.165) is 6.42 Å². The van der Waals surface area contributed by atoms with E-state index in [4.69, 9.17) is 5.73 Å². The summed E-state index contributed by atoms with van der Waals surface area (Å²) in [5, 5.41) is 0. The highest BCUT2D eigenvalue weighted by Crippen LogP contribution is 1.86. The highest BCUT2D eigenvalue weighted by atomic mass is 14.6. The molecule has 0 fully saturated rings. The monoisotopic (exact) mass is 86.1 g/mol. The highest BCUT2D eigenvalue weighted by Gasteiger charge is 1.97. The standard InChI is InChI=1S/C5H12N/c1-3-4-5(2)6/h4-5H,3,6H2,1-2H3/q+1. The van der Waals surface area contributed by atoms with Crippen LogP contribution in [0.15, 0.2) is 0 Å². The van der Waals surface area contributed by atoms with E-state index in [-0.39, 0.29) is 6.04 Å². The molecule has 0 heterocycles. The first-order valence-electron chi connectivity index (χ1n) is 2.36. The molecule has 1 heteroatoms. The molecule has 0 radical (unpaired) electrons. The first kappa shape index (κ1) is 5.83. The molecule has 2 N–H and O–H groups in total. The Morgan fingerprint density at radius 1 is 1.83 bits per heavy atom. The summed E-state index contributed by atoms with van der Waals surface area (Å²) in [6.45, 7) is 4.06. The number of rotatable bonds is 2. The lowest BCUT2D eigenvalue weighted by atomic mass is 10.2. The minimum absolute atomic E-state index is 0.273. The van der Waals surface area contributed by atoms with Crippen molar-refractivity contribution in [1.29, 1.82) is 0 Å². The van der Waals surface area contributed by atoms with Crippen molar-refractivity contribution in [3.05, 3.63) is 6.42 Å². The number of nitrogens with two attached hydrogens (primary N) is 1. The summed E-state index contributed by atoms with van der Waals surface area (Å²) < 4.78 is 0. The SMILES string of the molecule is CC[CH+]C(C)N. The van der Waals surface area contributed by atoms with Gasteiger partial charge >= 0.3 is 0 Å². The van der Waals surface area contributed by atoms with E-state index in [2.05, 4.69) is 13.3 Å². The van der Waals surface area contributed by atoms with Gasteiger partial charge in [0.25, 0.3) is 0 Å². The van der Waals surface area contributed by atoms with Gasteiger partial charge in [-0.15, -0.1) is 0 Å². The van der Waals surface area contributed by atoms with Crippen molar-refractivity contribution in [2.24, 2.45) is 5.73 Å². The van der Waals surface area contributed by atoms with Gasteiger partial charge in [0.05, 0.1) is 12.8 Å². The van der Waals surface area contributed by atoms with E-state index in [1.54, 1.807) is 0 Å². The second kappa shape index (κ2) is 3.04. The maximum atomic E-state index is 5.35. The molecule has 0 amide bonds. The summed E-state index contributed by atoms with van der Waals surface area (Å²) in [7, 11) is 0. The molecular formula is C5H12N+. The molecule has 0 aliphatic rings. The molecule has 1 atom stereocenters. The third-order valence-electron chi connectivity index (χ3n) is 0.607. The van der Waals surface area contributed by atoms with Gasteiger partial charge in [-0.05, 0) is 13.8 Å². The molecule has 0 bridgehead atoms.